The molecule has 0 bridgehead atoms. The standard InChI is InChI=1S/C25H33N7O4S.ClH/c1-31(2)25(35)16-7-8-17(27-22(33)15-6-4-5-14(11-15)21(26)30-36)19(12-16)28-23(34)24-29-18-9-10-32(3)13-20(18)37-24;/h4-6,11,16-17,19,36H,7-10,12-13H2,1-3H3,(H2,26,30)(H,27,33)(H,28,34);1H/t16-,17-,19+;/m0./s1. The third kappa shape index (κ3) is 6.61. The average molecular weight is 564 g/mol. The van der Waals surface area contributed by atoms with Gasteiger partial charge >= 0.3 is 0 Å². The van der Waals surface area contributed by atoms with Gasteiger partial charge in [-0.1, -0.05) is 17.3 Å². The van der Waals surface area contributed by atoms with Crippen molar-refractivity contribution in [3.63, 3.8) is 0 Å². The molecule has 1 aromatic carbocycles. The largest absolute Gasteiger partial charge is 0.409 e. The first kappa shape index (κ1) is 29.3. The summed E-state index contributed by atoms with van der Waals surface area (Å²) < 4.78 is 0. The van der Waals surface area contributed by atoms with E-state index in [1.165, 1.54) is 17.4 Å². The molecule has 5 N–H and O–H groups in total. The molecule has 1 aromatic heterocycles. The van der Waals surface area contributed by atoms with Gasteiger partial charge in [0.15, 0.2) is 10.8 Å². The number of carbonyl (C=O) groups excluding carboxylic acids is 3. The molecule has 2 heterocycles. The number of amidine groups is 1. The molecule has 38 heavy (non-hydrogen) atoms. The highest BCUT2D eigenvalue weighted by Crippen LogP contribution is 2.28. The number of thiazole rings is 1. The van der Waals surface area contributed by atoms with Crippen molar-refractivity contribution in [2.75, 3.05) is 27.7 Å². The Morgan fingerprint density at radius 2 is 1.87 bits per heavy atom. The number of nitrogens with two attached hydrogens (primary N) is 1. The number of amides is 3. The van der Waals surface area contributed by atoms with Crippen molar-refractivity contribution in [2.45, 2.75) is 44.3 Å². The summed E-state index contributed by atoms with van der Waals surface area (Å²) in [6.45, 7) is 1.67. The van der Waals surface area contributed by atoms with Crippen molar-refractivity contribution < 1.29 is 19.6 Å². The molecule has 1 aliphatic heterocycles. The Morgan fingerprint density at radius 3 is 2.58 bits per heavy atom. The SMILES string of the molecule is CN1CCc2nc(C(=O)N[C@@H]3C[C@@H](C(=O)N(C)C)CC[C@@H]3NC(=O)c3cccc(/C(N)=N\O)c3)sc2C1.Cl. The Balaban J connectivity index is 0.00000400. The van der Waals surface area contributed by atoms with Crippen molar-refractivity contribution in [3.8, 4) is 0 Å². The topological polar surface area (TPSA) is 153 Å². The van der Waals surface area contributed by atoms with Crippen molar-refractivity contribution in [1.82, 2.24) is 25.4 Å². The van der Waals surface area contributed by atoms with E-state index in [1.54, 1.807) is 37.2 Å². The smallest absolute Gasteiger partial charge is 0.280 e. The van der Waals surface area contributed by atoms with Crippen LogP contribution in [0, 0.1) is 5.92 Å². The van der Waals surface area contributed by atoms with Gasteiger partial charge in [0.25, 0.3) is 11.8 Å². The molecule has 1 saturated carbocycles. The van der Waals surface area contributed by atoms with Gasteiger partial charge in [0, 0.05) is 61.6 Å². The van der Waals surface area contributed by atoms with Gasteiger partial charge in [0.2, 0.25) is 5.91 Å². The maximum absolute atomic E-state index is 13.2. The predicted molar refractivity (Wildman–Crippen MR) is 147 cm³/mol. The Bertz CT molecular complexity index is 1220. The fourth-order valence-corrected chi connectivity index (χ4v) is 5.96. The first-order valence-corrected chi connectivity index (χ1v) is 13.1. The lowest BCUT2D eigenvalue weighted by atomic mass is 9.81. The lowest BCUT2D eigenvalue weighted by molar-refractivity contribution is -0.134. The zero-order valence-corrected chi connectivity index (χ0v) is 23.3. The van der Waals surface area contributed by atoms with Gasteiger partial charge in [-0.15, -0.1) is 23.7 Å². The van der Waals surface area contributed by atoms with Crippen LogP contribution in [0.15, 0.2) is 29.4 Å². The molecule has 2 aliphatic rings. The van der Waals surface area contributed by atoms with Gasteiger partial charge in [-0.25, -0.2) is 4.98 Å². The van der Waals surface area contributed by atoms with Crippen LogP contribution >= 0.6 is 23.7 Å². The van der Waals surface area contributed by atoms with Crippen molar-refractivity contribution in [1.29, 1.82) is 0 Å². The van der Waals surface area contributed by atoms with Gasteiger partial charge in [-0.2, -0.15) is 0 Å². The van der Waals surface area contributed by atoms with Gasteiger partial charge in [0.1, 0.15) is 0 Å². The zero-order valence-electron chi connectivity index (χ0n) is 21.6. The van der Waals surface area contributed by atoms with Crippen LogP contribution < -0.4 is 16.4 Å². The lowest BCUT2D eigenvalue weighted by Gasteiger charge is -2.37. The summed E-state index contributed by atoms with van der Waals surface area (Å²) in [6.07, 6.45) is 2.34. The number of hydrogen-bond donors (Lipinski definition) is 4. The summed E-state index contributed by atoms with van der Waals surface area (Å²) in [5, 5.41) is 18.4. The molecule has 13 heteroatoms. The van der Waals surface area contributed by atoms with E-state index in [9.17, 15) is 14.4 Å². The second-order valence-electron chi connectivity index (χ2n) is 9.85. The number of likely N-dealkylation sites (N-methyl/N-ethyl adjacent to an activating group) is 1. The number of hydrogen-bond acceptors (Lipinski definition) is 8. The molecule has 0 saturated heterocycles. The monoisotopic (exact) mass is 563 g/mol. The van der Waals surface area contributed by atoms with Crippen LogP contribution in [0.2, 0.25) is 0 Å². The number of oxime groups is 1. The summed E-state index contributed by atoms with van der Waals surface area (Å²) in [7, 11) is 5.48. The molecule has 11 nitrogen and oxygen atoms in total. The molecule has 3 amide bonds. The fraction of sp³-hybridized carbons (Fsp3) is 0.480. The Labute approximate surface area is 231 Å². The molecular formula is C25H34ClN7O4S. The lowest BCUT2D eigenvalue weighted by Crippen LogP contribution is -2.55. The molecule has 1 fully saturated rings. The van der Waals surface area contributed by atoms with Gasteiger partial charge in [-0.05, 0) is 38.4 Å². The van der Waals surface area contributed by atoms with E-state index in [2.05, 4.69) is 25.7 Å². The average Bonchev–Trinajstić information content (AvgIpc) is 3.32. The normalized spacial score (nSPS) is 21.6. The highest BCUT2D eigenvalue weighted by molar-refractivity contribution is 7.13. The zero-order chi connectivity index (χ0) is 26.7. The second-order valence-corrected chi connectivity index (χ2v) is 10.9. The van der Waals surface area contributed by atoms with Gasteiger partial charge in [-0.3, -0.25) is 14.4 Å². The molecule has 0 radical (unpaired) electrons. The highest BCUT2D eigenvalue weighted by atomic mass is 35.5. The van der Waals surface area contributed by atoms with E-state index in [0.717, 1.165) is 30.1 Å². The van der Waals surface area contributed by atoms with E-state index in [4.69, 9.17) is 10.9 Å². The third-order valence-electron chi connectivity index (χ3n) is 6.92. The Hall–Kier alpha value is -3.22. The fourth-order valence-electron chi connectivity index (χ4n) is 4.87. The van der Waals surface area contributed by atoms with Crippen LogP contribution in [0.3, 0.4) is 0 Å². The summed E-state index contributed by atoms with van der Waals surface area (Å²) in [5.41, 5.74) is 7.39. The van der Waals surface area contributed by atoms with Crippen LogP contribution in [0.1, 0.15) is 55.6 Å². The van der Waals surface area contributed by atoms with Crippen LogP contribution in [0.25, 0.3) is 0 Å². The first-order valence-electron chi connectivity index (χ1n) is 12.2. The Morgan fingerprint density at radius 1 is 1.16 bits per heavy atom. The maximum Gasteiger partial charge on any atom is 0.280 e. The number of benzene rings is 1. The third-order valence-corrected chi connectivity index (χ3v) is 8.00. The molecule has 2 aromatic rings. The van der Waals surface area contributed by atoms with Crippen LogP contribution in [-0.4, -0.2) is 83.3 Å². The van der Waals surface area contributed by atoms with Gasteiger partial charge in [0.05, 0.1) is 11.7 Å². The minimum Gasteiger partial charge on any atom is -0.409 e. The van der Waals surface area contributed by atoms with Crippen molar-refractivity contribution in [3.05, 3.63) is 51.0 Å². The van der Waals surface area contributed by atoms with Crippen LogP contribution in [-0.2, 0) is 17.8 Å². The number of fused-ring (bicyclic) bond motifs is 1. The number of nitrogens with one attached hydrogen (secondary N) is 2. The first-order chi connectivity index (χ1) is 17.7. The minimum atomic E-state index is -0.449. The maximum atomic E-state index is 13.2. The molecule has 3 atom stereocenters. The molecule has 206 valence electrons. The van der Waals surface area contributed by atoms with Crippen molar-refractivity contribution in [2.24, 2.45) is 16.8 Å². The van der Waals surface area contributed by atoms with Crippen LogP contribution in [0.5, 0.6) is 0 Å². The number of nitrogens with zero attached hydrogens (tertiary/aromatic N) is 4. The van der Waals surface area contributed by atoms with E-state index < -0.39 is 6.04 Å². The summed E-state index contributed by atoms with van der Waals surface area (Å²) in [5.74, 6) is -0.987. The van der Waals surface area contributed by atoms with Gasteiger partial charge < -0.3 is 31.4 Å². The van der Waals surface area contributed by atoms with Crippen molar-refractivity contribution >= 4 is 47.3 Å². The molecule has 4 rings (SSSR count). The van der Waals surface area contributed by atoms with E-state index in [0.29, 0.717) is 35.4 Å². The number of rotatable bonds is 6. The summed E-state index contributed by atoms with van der Waals surface area (Å²) in [4.78, 5) is 48.5. The quantitative estimate of drug-likeness (QED) is 0.179. The second kappa shape index (κ2) is 12.5. The number of carbonyl (C=O) groups is 3. The Kier molecular flexibility index (Phi) is 9.69. The van der Waals surface area contributed by atoms with E-state index in [1.807, 2.05) is 7.05 Å². The molecule has 0 unspecified atom stereocenters. The summed E-state index contributed by atoms with van der Waals surface area (Å²) >= 11 is 1.40. The molecule has 0 spiro atoms. The van der Waals surface area contributed by atoms with E-state index in [-0.39, 0.29) is 47.9 Å². The molecule has 1 aliphatic carbocycles. The number of aromatic nitrogens is 1. The van der Waals surface area contributed by atoms with E-state index >= 15 is 0 Å². The predicted octanol–water partition coefficient (Wildman–Crippen LogP) is 1.43. The minimum absolute atomic E-state index is 0. The summed E-state index contributed by atoms with van der Waals surface area (Å²) in [6, 6.07) is 5.63. The molecular weight excluding hydrogens is 530 g/mol. The highest BCUT2D eigenvalue weighted by Gasteiger charge is 2.37. The number of halogens is 1. The van der Waals surface area contributed by atoms with Crippen LogP contribution in [0.4, 0.5) is 0 Å².